The summed E-state index contributed by atoms with van der Waals surface area (Å²) in [6.07, 6.45) is 2.59. The van der Waals surface area contributed by atoms with Crippen molar-refractivity contribution in [3.8, 4) is 29.0 Å². The first-order chi connectivity index (χ1) is 20.8. The highest BCUT2D eigenvalue weighted by atomic mass is 79.9. The normalized spacial score (nSPS) is 11.4. The summed E-state index contributed by atoms with van der Waals surface area (Å²) in [7, 11) is 0. The fourth-order valence-corrected chi connectivity index (χ4v) is 5.03. The van der Waals surface area contributed by atoms with Crippen molar-refractivity contribution in [2.75, 3.05) is 6.61 Å². The smallest absolute Gasteiger partial charge is 0.287 e. The highest BCUT2D eigenvalue weighted by Crippen LogP contribution is 2.39. The lowest BCUT2D eigenvalue weighted by Gasteiger charge is -2.14. The topological polar surface area (TPSA) is 135 Å². The maximum atomic E-state index is 13.6. The third-order valence-corrected chi connectivity index (χ3v) is 7.07. The number of pyridine rings is 1. The molecule has 3 heterocycles. The molecular formula is C30H19BrClN5O6. The number of aromatic nitrogens is 3. The fourth-order valence-electron chi connectivity index (χ4n) is 4.31. The SMILES string of the molecule is CCOc1cc(C=Nn2c(-c3cc4cc(Cl)ccc4o3)nc3ccccc3c2=O)cc(Br)c1Oc1ccc([N+](=O)[O-])cn1. The molecule has 0 fully saturated rings. The molecule has 0 unspecified atom stereocenters. The zero-order valence-electron chi connectivity index (χ0n) is 22.2. The van der Waals surface area contributed by atoms with Crippen LogP contribution in [-0.2, 0) is 0 Å². The number of para-hydroxylation sites is 1. The van der Waals surface area contributed by atoms with Crippen molar-refractivity contribution in [2.45, 2.75) is 6.92 Å². The van der Waals surface area contributed by atoms with Crippen LogP contribution < -0.4 is 15.0 Å². The van der Waals surface area contributed by atoms with Crippen LogP contribution in [0.15, 0.2) is 97.8 Å². The summed E-state index contributed by atoms with van der Waals surface area (Å²) in [4.78, 5) is 32.7. The van der Waals surface area contributed by atoms with Crippen molar-refractivity contribution < 1.29 is 18.8 Å². The second-order valence-electron chi connectivity index (χ2n) is 9.08. The average Bonchev–Trinajstić information content (AvgIpc) is 3.42. The maximum Gasteiger partial charge on any atom is 0.287 e. The van der Waals surface area contributed by atoms with Gasteiger partial charge in [0, 0.05) is 22.5 Å². The van der Waals surface area contributed by atoms with Crippen molar-refractivity contribution in [1.82, 2.24) is 14.6 Å². The number of fused-ring (bicyclic) bond motifs is 2. The fraction of sp³-hybridized carbons (Fsp3) is 0.0667. The first kappa shape index (κ1) is 28.1. The van der Waals surface area contributed by atoms with Gasteiger partial charge in [0.2, 0.25) is 11.7 Å². The molecule has 0 atom stereocenters. The molecule has 0 aliphatic carbocycles. The largest absolute Gasteiger partial charge is 0.490 e. The Balaban J connectivity index is 1.42. The molecule has 0 saturated carbocycles. The Morgan fingerprint density at radius 3 is 2.74 bits per heavy atom. The minimum Gasteiger partial charge on any atom is -0.490 e. The van der Waals surface area contributed by atoms with E-state index in [0.29, 0.717) is 55.4 Å². The number of halogens is 2. The average molecular weight is 661 g/mol. The highest BCUT2D eigenvalue weighted by Gasteiger charge is 2.18. The molecule has 13 heteroatoms. The third kappa shape index (κ3) is 5.70. The molecule has 3 aromatic heterocycles. The van der Waals surface area contributed by atoms with Crippen LogP contribution in [0.4, 0.5) is 5.69 Å². The van der Waals surface area contributed by atoms with Gasteiger partial charge in [-0.25, -0.2) is 9.97 Å². The molecule has 0 aliphatic heterocycles. The summed E-state index contributed by atoms with van der Waals surface area (Å²) in [6, 6.07) is 20.1. The Morgan fingerprint density at radius 1 is 1.14 bits per heavy atom. The van der Waals surface area contributed by atoms with Gasteiger partial charge in [0.05, 0.1) is 33.1 Å². The molecule has 6 aromatic rings. The zero-order valence-corrected chi connectivity index (χ0v) is 24.6. The second kappa shape index (κ2) is 11.7. The predicted molar refractivity (Wildman–Crippen MR) is 165 cm³/mol. The van der Waals surface area contributed by atoms with E-state index in [9.17, 15) is 14.9 Å². The van der Waals surface area contributed by atoms with Crippen LogP contribution in [0.5, 0.6) is 17.4 Å². The molecule has 6 rings (SSSR count). The summed E-state index contributed by atoms with van der Waals surface area (Å²) in [5.74, 6) is 1.36. The summed E-state index contributed by atoms with van der Waals surface area (Å²) in [6.45, 7) is 2.14. The van der Waals surface area contributed by atoms with Gasteiger partial charge in [-0.3, -0.25) is 14.9 Å². The van der Waals surface area contributed by atoms with Crippen molar-refractivity contribution in [3.05, 3.63) is 115 Å². The number of benzene rings is 3. The second-order valence-corrected chi connectivity index (χ2v) is 10.4. The van der Waals surface area contributed by atoms with Crippen LogP contribution in [0.1, 0.15) is 12.5 Å². The third-order valence-electron chi connectivity index (χ3n) is 6.24. The Morgan fingerprint density at radius 2 is 1.98 bits per heavy atom. The Hall–Kier alpha value is -5.07. The lowest BCUT2D eigenvalue weighted by molar-refractivity contribution is -0.385. The van der Waals surface area contributed by atoms with E-state index in [1.807, 2.05) is 6.92 Å². The van der Waals surface area contributed by atoms with Gasteiger partial charge >= 0.3 is 0 Å². The molecular weight excluding hydrogens is 642 g/mol. The van der Waals surface area contributed by atoms with Crippen LogP contribution in [-0.4, -0.2) is 32.4 Å². The summed E-state index contributed by atoms with van der Waals surface area (Å²) < 4.78 is 19.4. The molecule has 3 aromatic carbocycles. The minimum atomic E-state index is -0.544. The molecule has 0 bridgehead atoms. The first-order valence-electron chi connectivity index (χ1n) is 12.8. The van der Waals surface area contributed by atoms with Crippen LogP contribution in [0.2, 0.25) is 5.02 Å². The van der Waals surface area contributed by atoms with Gasteiger partial charge in [-0.05, 0) is 76.9 Å². The van der Waals surface area contributed by atoms with E-state index in [-0.39, 0.29) is 23.0 Å². The molecule has 0 aliphatic rings. The van der Waals surface area contributed by atoms with E-state index < -0.39 is 4.92 Å². The number of hydrogen-bond donors (Lipinski definition) is 0. The summed E-state index contributed by atoms with van der Waals surface area (Å²) in [5.41, 5.74) is 1.11. The van der Waals surface area contributed by atoms with Crippen LogP contribution in [0.3, 0.4) is 0 Å². The quantitative estimate of drug-likeness (QED) is 0.0925. The lowest BCUT2D eigenvalue weighted by Crippen LogP contribution is -2.20. The van der Waals surface area contributed by atoms with Crippen molar-refractivity contribution in [2.24, 2.45) is 5.10 Å². The molecule has 43 heavy (non-hydrogen) atoms. The van der Waals surface area contributed by atoms with E-state index in [0.717, 1.165) is 11.6 Å². The highest BCUT2D eigenvalue weighted by molar-refractivity contribution is 9.10. The Kier molecular flexibility index (Phi) is 7.61. The predicted octanol–water partition coefficient (Wildman–Crippen LogP) is 7.60. The van der Waals surface area contributed by atoms with Gasteiger partial charge in [0.1, 0.15) is 11.8 Å². The maximum absolute atomic E-state index is 13.6. The monoisotopic (exact) mass is 659 g/mol. The van der Waals surface area contributed by atoms with E-state index in [4.69, 9.17) is 30.5 Å². The van der Waals surface area contributed by atoms with E-state index in [1.165, 1.54) is 23.0 Å². The zero-order chi connectivity index (χ0) is 30.1. The Bertz CT molecular complexity index is 2110. The molecule has 0 radical (unpaired) electrons. The summed E-state index contributed by atoms with van der Waals surface area (Å²) in [5, 5.41) is 17.2. The van der Waals surface area contributed by atoms with E-state index in [2.05, 4.69) is 26.0 Å². The summed E-state index contributed by atoms with van der Waals surface area (Å²) >= 11 is 9.66. The van der Waals surface area contributed by atoms with Gasteiger partial charge in [-0.2, -0.15) is 9.78 Å². The molecule has 11 nitrogen and oxygen atoms in total. The van der Waals surface area contributed by atoms with Gasteiger partial charge < -0.3 is 13.9 Å². The van der Waals surface area contributed by atoms with E-state index in [1.54, 1.807) is 60.7 Å². The minimum absolute atomic E-state index is 0.138. The molecule has 214 valence electrons. The number of rotatable bonds is 8. The van der Waals surface area contributed by atoms with Gasteiger partial charge in [0.25, 0.3) is 11.2 Å². The molecule has 0 amide bonds. The Labute approximate surface area is 256 Å². The number of hydrogen-bond acceptors (Lipinski definition) is 9. The number of nitrogens with zero attached hydrogens (tertiary/aromatic N) is 5. The van der Waals surface area contributed by atoms with Crippen LogP contribution in [0, 0.1) is 10.1 Å². The van der Waals surface area contributed by atoms with Crippen LogP contribution in [0.25, 0.3) is 33.5 Å². The number of nitro groups is 1. The first-order valence-corrected chi connectivity index (χ1v) is 14.0. The number of furan rings is 1. The number of ether oxygens (including phenoxy) is 2. The van der Waals surface area contributed by atoms with Crippen molar-refractivity contribution in [1.29, 1.82) is 0 Å². The van der Waals surface area contributed by atoms with E-state index >= 15 is 0 Å². The van der Waals surface area contributed by atoms with Crippen LogP contribution >= 0.6 is 27.5 Å². The van der Waals surface area contributed by atoms with Gasteiger partial charge in [0.15, 0.2) is 17.3 Å². The lowest BCUT2D eigenvalue weighted by atomic mass is 10.2. The van der Waals surface area contributed by atoms with Gasteiger partial charge in [-0.1, -0.05) is 23.7 Å². The van der Waals surface area contributed by atoms with Crippen molar-refractivity contribution in [3.63, 3.8) is 0 Å². The molecule has 0 spiro atoms. The molecule has 0 N–H and O–H groups in total. The standard InChI is InChI=1S/C30H19BrClN5O6/c1-2-41-25-12-17(11-22(31)28(25)43-27-10-8-20(16-33-27)37(39)40)15-34-36-29(35-23-6-4-3-5-21(23)30(36)38)26-14-18-13-19(32)7-9-24(18)42-26/h3-16H,2H2,1H3. The molecule has 0 saturated heterocycles. The van der Waals surface area contributed by atoms with Gasteiger partial charge in [-0.15, -0.1) is 0 Å². The van der Waals surface area contributed by atoms with Crippen molar-refractivity contribution >= 4 is 61.3 Å².